The minimum absolute atomic E-state index is 0.0251. The van der Waals surface area contributed by atoms with E-state index < -0.39 is 21.2 Å². The van der Waals surface area contributed by atoms with Crippen molar-refractivity contribution in [3.63, 3.8) is 0 Å². The van der Waals surface area contributed by atoms with Gasteiger partial charge in [0.05, 0.1) is 20.9 Å². The van der Waals surface area contributed by atoms with E-state index >= 15 is 0 Å². The zero-order valence-electron chi connectivity index (χ0n) is 8.99. The van der Waals surface area contributed by atoms with Crippen LogP contribution in [-0.4, -0.2) is 9.85 Å². The minimum atomic E-state index is -0.893. The van der Waals surface area contributed by atoms with Gasteiger partial charge >= 0.3 is 11.4 Å². The summed E-state index contributed by atoms with van der Waals surface area (Å²) in [7, 11) is 0. The van der Waals surface area contributed by atoms with Crippen molar-refractivity contribution in [2.45, 2.75) is 0 Å². The smallest absolute Gasteiger partial charge is 0.371 e. The Balaban J connectivity index is 3.08. The van der Waals surface area contributed by atoms with E-state index in [1.54, 1.807) is 6.07 Å². The number of rotatable bonds is 2. The number of nitro benzene ring substituents is 2. The quantitative estimate of drug-likeness (QED) is 0.472. The molecule has 8 nitrogen and oxygen atoms in total. The molecule has 0 unspecified atom stereocenters. The van der Waals surface area contributed by atoms with Crippen molar-refractivity contribution >= 4 is 33.5 Å². The van der Waals surface area contributed by atoms with Crippen LogP contribution in [0.4, 0.5) is 22.7 Å². The molecule has 0 spiro atoms. The van der Waals surface area contributed by atoms with E-state index in [1.807, 2.05) is 0 Å². The van der Waals surface area contributed by atoms with E-state index in [9.17, 15) is 20.2 Å². The Kier molecular flexibility index (Phi) is 2.47. The zero-order chi connectivity index (χ0) is 13.4. The van der Waals surface area contributed by atoms with Crippen molar-refractivity contribution in [3.8, 4) is 0 Å². The molecule has 0 fully saturated rings. The molecule has 2 aromatic rings. The van der Waals surface area contributed by atoms with Gasteiger partial charge in [-0.2, -0.15) is 0 Å². The van der Waals surface area contributed by atoms with Crippen LogP contribution in [0.1, 0.15) is 0 Å². The summed E-state index contributed by atoms with van der Waals surface area (Å²) in [4.78, 5) is 20.2. The van der Waals surface area contributed by atoms with E-state index in [4.69, 9.17) is 11.5 Å². The average Bonchev–Trinajstić information content (AvgIpc) is 2.32. The van der Waals surface area contributed by atoms with Crippen LogP contribution >= 0.6 is 0 Å². The lowest BCUT2D eigenvalue weighted by Crippen LogP contribution is -2.05. The Morgan fingerprint density at radius 2 is 1.33 bits per heavy atom. The van der Waals surface area contributed by atoms with Crippen LogP contribution in [0.3, 0.4) is 0 Å². The van der Waals surface area contributed by atoms with Gasteiger partial charge in [0.25, 0.3) is 0 Å². The zero-order valence-corrected chi connectivity index (χ0v) is 8.99. The van der Waals surface area contributed by atoms with E-state index in [-0.39, 0.29) is 16.8 Å². The predicted molar refractivity (Wildman–Crippen MR) is 66.1 cm³/mol. The lowest BCUT2D eigenvalue weighted by molar-refractivity contribution is -0.420. The first-order valence-electron chi connectivity index (χ1n) is 4.83. The summed E-state index contributed by atoms with van der Waals surface area (Å²) in [6, 6.07) is 6.08. The normalized spacial score (nSPS) is 10.4. The molecule has 0 bridgehead atoms. The molecular weight excluding hydrogens is 240 g/mol. The van der Waals surface area contributed by atoms with Gasteiger partial charge in [-0.1, -0.05) is 18.2 Å². The van der Waals surface area contributed by atoms with Crippen LogP contribution < -0.4 is 11.5 Å². The molecule has 0 heterocycles. The summed E-state index contributed by atoms with van der Waals surface area (Å²) < 4.78 is 0. The van der Waals surface area contributed by atoms with Gasteiger partial charge in [0.15, 0.2) is 0 Å². The van der Waals surface area contributed by atoms with Crippen molar-refractivity contribution in [3.05, 3.63) is 44.5 Å². The van der Waals surface area contributed by atoms with Crippen LogP contribution in [0.15, 0.2) is 24.3 Å². The van der Waals surface area contributed by atoms with E-state index in [2.05, 4.69) is 0 Å². The molecule has 18 heavy (non-hydrogen) atoms. The molecule has 2 rings (SSSR count). The Morgan fingerprint density at radius 3 is 1.83 bits per heavy atom. The van der Waals surface area contributed by atoms with E-state index in [0.29, 0.717) is 5.39 Å². The number of nitro groups is 2. The molecule has 0 atom stereocenters. The highest BCUT2D eigenvalue weighted by molar-refractivity contribution is 6.08. The molecule has 0 aliphatic rings. The number of hydrogen-bond donors (Lipinski definition) is 2. The fraction of sp³-hybridized carbons (Fsp3) is 0. The summed E-state index contributed by atoms with van der Waals surface area (Å²) in [5.41, 5.74) is 9.38. The number of fused-ring (bicyclic) bond motifs is 1. The Bertz CT molecular complexity index is 683. The van der Waals surface area contributed by atoms with Crippen molar-refractivity contribution in [1.82, 2.24) is 0 Å². The second kappa shape index (κ2) is 3.84. The molecule has 4 N–H and O–H groups in total. The van der Waals surface area contributed by atoms with Crippen LogP contribution in [-0.2, 0) is 0 Å². The summed E-state index contributed by atoms with van der Waals surface area (Å²) in [6.45, 7) is 0. The molecule has 0 aliphatic heterocycles. The molecule has 0 aliphatic carbocycles. The summed E-state index contributed by atoms with van der Waals surface area (Å²) in [5, 5.41) is 22.3. The highest BCUT2D eigenvalue weighted by atomic mass is 16.6. The topological polar surface area (TPSA) is 138 Å². The fourth-order valence-electron chi connectivity index (χ4n) is 1.82. The van der Waals surface area contributed by atoms with Crippen molar-refractivity contribution in [2.75, 3.05) is 11.5 Å². The van der Waals surface area contributed by atoms with Gasteiger partial charge in [-0.25, -0.2) is 0 Å². The lowest BCUT2D eigenvalue weighted by atomic mass is 10.0. The van der Waals surface area contributed by atoms with Crippen LogP contribution in [0.5, 0.6) is 0 Å². The molecule has 0 radical (unpaired) electrons. The standard InChI is InChI=1S/C10H8N4O4/c11-7-5-3-1-2-4-6(5)9(13(15)16)10(8(7)12)14(17)18/h1-4H,11-12H2. The van der Waals surface area contributed by atoms with Crippen molar-refractivity contribution in [1.29, 1.82) is 0 Å². The maximum Gasteiger partial charge on any atom is 0.371 e. The maximum atomic E-state index is 11.0. The lowest BCUT2D eigenvalue weighted by Gasteiger charge is -2.07. The largest absolute Gasteiger partial charge is 0.396 e. The van der Waals surface area contributed by atoms with Crippen molar-refractivity contribution in [2.24, 2.45) is 0 Å². The summed E-state index contributed by atoms with van der Waals surface area (Å²) >= 11 is 0. The highest BCUT2D eigenvalue weighted by Crippen LogP contribution is 2.44. The first kappa shape index (κ1) is 11.6. The Morgan fingerprint density at radius 1 is 0.833 bits per heavy atom. The average molecular weight is 248 g/mol. The number of hydrogen-bond acceptors (Lipinski definition) is 6. The molecule has 0 saturated heterocycles. The maximum absolute atomic E-state index is 11.0. The van der Waals surface area contributed by atoms with E-state index in [1.165, 1.54) is 18.2 Å². The highest BCUT2D eigenvalue weighted by Gasteiger charge is 2.33. The minimum Gasteiger partial charge on any atom is -0.396 e. The third-order valence-corrected chi connectivity index (χ3v) is 2.61. The predicted octanol–water partition coefficient (Wildman–Crippen LogP) is 1.82. The molecule has 0 aromatic heterocycles. The molecule has 0 amide bonds. The third-order valence-electron chi connectivity index (χ3n) is 2.61. The third kappa shape index (κ3) is 1.47. The second-order valence-corrected chi connectivity index (χ2v) is 3.58. The van der Waals surface area contributed by atoms with Gasteiger partial charge in [0.2, 0.25) is 0 Å². The van der Waals surface area contributed by atoms with Gasteiger partial charge < -0.3 is 11.5 Å². The molecule has 0 saturated carbocycles. The van der Waals surface area contributed by atoms with Crippen LogP contribution in [0.2, 0.25) is 0 Å². The monoisotopic (exact) mass is 248 g/mol. The Hall–Kier alpha value is -2.90. The first-order valence-corrected chi connectivity index (χ1v) is 4.83. The number of anilines is 2. The SMILES string of the molecule is Nc1c([N+](=O)[O-])c([N+](=O)[O-])c2ccccc2c1N. The molecule has 8 heteroatoms. The number of benzene rings is 2. The number of nitrogen functional groups attached to an aromatic ring is 2. The van der Waals surface area contributed by atoms with Crippen LogP contribution in [0, 0.1) is 20.2 Å². The van der Waals surface area contributed by atoms with Gasteiger partial charge in [-0.3, -0.25) is 20.2 Å². The molecule has 2 aromatic carbocycles. The number of nitrogens with zero attached hydrogens (tertiary/aromatic N) is 2. The van der Waals surface area contributed by atoms with Gasteiger partial charge in [0, 0.05) is 5.39 Å². The van der Waals surface area contributed by atoms with Gasteiger partial charge in [-0.05, 0) is 6.07 Å². The summed E-state index contributed by atoms with van der Waals surface area (Å²) in [6.07, 6.45) is 0. The van der Waals surface area contributed by atoms with Gasteiger partial charge in [0.1, 0.15) is 5.69 Å². The summed E-state index contributed by atoms with van der Waals surface area (Å²) in [5.74, 6) is 0. The molecule has 92 valence electrons. The first-order chi connectivity index (χ1) is 8.45. The van der Waals surface area contributed by atoms with E-state index in [0.717, 1.165) is 0 Å². The fourth-order valence-corrected chi connectivity index (χ4v) is 1.82. The second-order valence-electron chi connectivity index (χ2n) is 3.58. The Labute approximate surface area is 100 Å². The van der Waals surface area contributed by atoms with Gasteiger partial charge in [-0.15, -0.1) is 0 Å². The van der Waals surface area contributed by atoms with Crippen molar-refractivity contribution < 1.29 is 9.85 Å². The number of nitrogens with two attached hydrogens (primary N) is 2. The van der Waals surface area contributed by atoms with Crippen LogP contribution in [0.25, 0.3) is 10.8 Å². The molecular formula is C10H8N4O4.